The van der Waals surface area contributed by atoms with Crippen LogP contribution in [0.4, 0.5) is 0 Å². The van der Waals surface area contributed by atoms with Crippen LogP contribution in [0.5, 0.6) is 0 Å². The topological polar surface area (TPSA) is 66.8 Å². The molecule has 13 heavy (non-hydrogen) atoms. The van der Waals surface area contributed by atoms with Gasteiger partial charge in [-0.2, -0.15) is 0 Å². The molecule has 0 aromatic rings. The summed E-state index contributed by atoms with van der Waals surface area (Å²) in [7, 11) is -4.59. The Labute approximate surface area is 91.4 Å². The Morgan fingerprint density at radius 1 is 1.62 bits per heavy atom. The van der Waals surface area contributed by atoms with Gasteiger partial charge in [0.2, 0.25) is 0 Å². The number of hydrogen-bond donors (Lipinski definition) is 2. The molecule has 0 heterocycles. The fourth-order valence-corrected chi connectivity index (χ4v) is 2.24. The second kappa shape index (κ2) is 5.17. The Kier molecular flexibility index (Phi) is 5.56. The van der Waals surface area contributed by atoms with Gasteiger partial charge < -0.3 is 9.79 Å². The highest BCUT2D eigenvalue weighted by Crippen LogP contribution is 2.44. The van der Waals surface area contributed by atoms with Crippen molar-refractivity contribution in [3.63, 3.8) is 0 Å². The highest BCUT2D eigenvalue weighted by Gasteiger charge is 2.33. The summed E-state index contributed by atoms with van der Waals surface area (Å²) in [5.74, 6) is 0.133. The van der Waals surface area contributed by atoms with E-state index in [0.29, 0.717) is 0 Å². The third-order valence-electron chi connectivity index (χ3n) is 1.06. The number of phosphoric acid groups is 1. The fraction of sp³-hybridized carbons (Fsp3) is 1.00. The first-order chi connectivity index (χ1) is 5.66. The molecular formula is C5H10Cl3O4P. The van der Waals surface area contributed by atoms with Crippen LogP contribution in [0.25, 0.3) is 0 Å². The normalized spacial score (nSPS) is 19.5. The predicted molar refractivity (Wildman–Crippen MR) is 52.4 cm³/mol. The molecule has 0 aromatic heterocycles. The lowest BCUT2D eigenvalue weighted by Gasteiger charge is -2.24. The summed E-state index contributed by atoms with van der Waals surface area (Å²) >= 11 is 16.7. The van der Waals surface area contributed by atoms with Crippen molar-refractivity contribution in [3.05, 3.63) is 0 Å². The van der Waals surface area contributed by atoms with Crippen LogP contribution in [0, 0.1) is 0 Å². The molecule has 80 valence electrons. The molecule has 4 nitrogen and oxygen atoms in total. The molecular weight excluding hydrogens is 261 g/mol. The maximum atomic E-state index is 10.4. The quantitative estimate of drug-likeness (QED) is 0.595. The Hall–Kier alpha value is 0.980. The minimum atomic E-state index is -4.59. The maximum Gasteiger partial charge on any atom is 0.471 e. The molecule has 0 spiro atoms. The van der Waals surface area contributed by atoms with E-state index in [1.54, 1.807) is 0 Å². The fourth-order valence-electron chi connectivity index (χ4n) is 0.735. The van der Waals surface area contributed by atoms with Gasteiger partial charge in [-0.3, -0.25) is 4.52 Å². The molecule has 0 rings (SSSR count). The molecule has 0 aliphatic carbocycles. The van der Waals surface area contributed by atoms with Crippen molar-refractivity contribution < 1.29 is 18.9 Å². The summed E-state index contributed by atoms with van der Waals surface area (Å²) in [6.07, 6.45) is 0.0464. The van der Waals surface area contributed by atoms with Crippen molar-refractivity contribution in [3.8, 4) is 0 Å². The van der Waals surface area contributed by atoms with E-state index in [9.17, 15) is 4.57 Å². The molecule has 2 atom stereocenters. The van der Waals surface area contributed by atoms with Crippen LogP contribution in [-0.2, 0) is 9.09 Å². The van der Waals surface area contributed by atoms with E-state index in [1.807, 2.05) is 0 Å². The molecule has 0 radical (unpaired) electrons. The molecule has 2 N–H and O–H groups in total. The van der Waals surface area contributed by atoms with Crippen molar-refractivity contribution in [1.29, 1.82) is 0 Å². The maximum absolute atomic E-state index is 10.4. The van der Waals surface area contributed by atoms with Crippen LogP contribution in [-0.4, -0.2) is 26.1 Å². The Balaban J connectivity index is 4.16. The van der Waals surface area contributed by atoms with Crippen molar-refractivity contribution >= 4 is 42.6 Å². The van der Waals surface area contributed by atoms with E-state index < -0.39 is 18.3 Å². The number of rotatable bonds is 5. The second-order valence-corrected chi connectivity index (χ2v) is 5.53. The number of phosphoric ester groups is 1. The second-order valence-electron chi connectivity index (χ2n) is 2.64. The van der Waals surface area contributed by atoms with Gasteiger partial charge in [0.1, 0.15) is 0 Å². The first-order valence-electron chi connectivity index (χ1n) is 3.31. The highest BCUT2D eigenvalue weighted by atomic mass is 35.5. The summed E-state index contributed by atoms with van der Waals surface area (Å²) < 4.78 is 14.7. The monoisotopic (exact) mass is 270 g/mol. The van der Waals surface area contributed by atoms with Gasteiger partial charge in [0.05, 0.1) is 5.38 Å². The summed E-state index contributed by atoms with van der Waals surface area (Å²) in [4.78, 5) is 16.9. The van der Waals surface area contributed by atoms with Crippen molar-refractivity contribution in [2.45, 2.75) is 23.8 Å². The lowest BCUT2D eigenvalue weighted by atomic mass is 10.2. The summed E-state index contributed by atoms with van der Waals surface area (Å²) in [6.45, 7) is 1.32. The zero-order valence-electron chi connectivity index (χ0n) is 6.78. The van der Waals surface area contributed by atoms with Gasteiger partial charge >= 0.3 is 7.82 Å². The average Bonchev–Trinajstić information content (AvgIpc) is 1.80. The van der Waals surface area contributed by atoms with Crippen molar-refractivity contribution in [2.24, 2.45) is 0 Å². The van der Waals surface area contributed by atoms with Gasteiger partial charge in [-0.1, -0.05) is 11.6 Å². The molecule has 0 aliphatic rings. The number of hydrogen-bond acceptors (Lipinski definition) is 2. The van der Waals surface area contributed by atoms with Crippen molar-refractivity contribution in [1.82, 2.24) is 0 Å². The van der Waals surface area contributed by atoms with Gasteiger partial charge in [0, 0.05) is 12.3 Å². The zero-order valence-corrected chi connectivity index (χ0v) is 9.95. The van der Waals surface area contributed by atoms with Crippen LogP contribution < -0.4 is 0 Å². The minimum absolute atomic E-state index is 0.0464. The minimum Gasteiger partial charge on any atom is -0.303 e. The first-order valence-corrected chi connectivity index (χ1v) is 6.19. The molecule has 2 unspecified atom stereocenters. The Morgan fingerprint density at radius 3 is 2.38 bits per heavy atom. The van der Waals surface area contributed by atoms with Crippen LogP contribution >= 0.6 is 42.6 Å². The van der Waals surface area contributed by atoms with Gasteiger partial charge in [0.15, 0.2) is 5.06 Å². The van der Waals surface area contributed by atoms with Gasteiger partial charge in [-0.15, -0.1) is 23.2 Å². The summed E-state index contributed by atoms with van der Waals surface area (Å²) in [6, 6.07) is 0. The van der Waals surface area contributed by atoms with Crippen molar-refractivity contribution in [2.75, 3.05) is 5.88 Å². The lowest BCUT2D eigenvalue weighted by molar-refractivity contribution is 0.109. The van der Waals surface area contributed by atoms with E-state index in [4.69, 9.17) is 44.6 Å². The van der Waals surface area contributed by atoms with Crippen LogP contribution in [0.3, 0.4) is 0 Å². The predicted octanol–water partition coefficient (Wildman–Crippen LogP) is 2.29. The third-order valence-corrected chi connectivity index (χ3v) is 2.88. The van der Waals surface area contributed by atoms with E-state index >= 15 is 0 Å². The molecule has 0 saturated heterocycles. The molecule has 0 amide bonds. The third kappa shape index (κ3) is 8.01. The standard InChI is InChI=1S/C5H10Cl3O4P/c1-5(8,2-4(7)3-6)12-13(9,10)11/h4H,2-3H2,1H3,(H2,9,10,11). The molecule has 0 aliphatic heterocycles. The van der Waals surface area contributed by atoms with Crippen LogP contribution in [0.15, 0.2) is 0 Å². The SMILES string of the molecule is CC(Cl)(CC(Cl)CCl)OP(=O)(O)O. The van der Waals surface area contributed by atoms with E-state index in [1.165, 1.54) is 6.92 Å². The van der Waals surface area contributed by atoms with Gasteiger partial charge in [-0.05, 0) is 6.92 Å². The number of halogens is 3. The average molecular weight is 271 g/mol. The smallest absolute Gasteiger partial charge is 0.303 e. The molecule has 0 fully saturated rings. The Morgan fingerprint density at radius 2 is 2.08 bits per heavy atom. The largest absolute Gasteiger partial charge is 0.471 e. The number of alkyl halides is 3. The van der Waals surface area contributed by atoms with E-state index in [-0.39, 0.29) is 12.3 Å². The van der Waals surface area contributed by atoms with Gasteiger partial charge in [0.25, 0.3) is 0 Å². The summed E-state index contributed by atoms with van der Waals surface area (Å²) in [5, 5.41) is -1.99. The van der Waals surface area contributed by atoms with E-state index in [0.717, 1.165) is 0 Å². The first kappa shape index (κ1) is 14.0. The van der Waals surface area contributed by atoms with Crippen LogP contribution in [0.2, 0.25) is 0 Å². The molecule has 8 heteroatoms. The summed E-state index contributed by atoms with van der Waals surface area (Å²) in [5.41, 5.74) is 0. The van der Waals surface area contributed by atoms with Gasteiger partial charge in [-0.25, -0.2) is 4.57 Å². The Bertz CT molecular complexity index is 204. The zero-order chi connectivity index (χ0) is 10.7. The molecule has 0 saturated carbocycles. The highest BCUT2D eigenvalue weighted by molar-refractivity contribution is 7.46. The van der Waals surface area contributed by atoms with E-state index in [2.05, 4.69) is 4.52 Å². The lowest BCUT2D eigenvalue weighted by Crippen LogP contribution is -2.24. The van der Waals surface area contributed by atoms with Crippen LogP contribution in [0.1, 0.15) is 13.3 Å². The molecule has 0 aromatic carbocycles. The molecule has 0 bridgehead atoms.